The Morgan fingerprint density at radius 2 is 0.898 bits per heavy atom. The molecule has 1 amide bonds. The van der Waals surface area contributed by atoms with Crippen molar-refractivity contribution in [3.8, 4) is 0 Å². The number of allylic oxidation sites excluding steroid dienone is 4. The molecule has 0 aliphatic carbocycles. The zero-order valence-electron chi connectivity index (χ0n) is 32.5. The van der Waals surface area contributed by atoms with Crippen LogP contribution in [0.2, 0.25) is 0 Å². The highest BCUT2D eigenvalue weighted by Crippen LogP contribution is 2.14. The third kappa shape index (κ3) is 33.1. The average molecular weight is 709 g/mol. The van der Waals surface area contributed by atoms with Crippen LogP contribution in [-0.2, 0) is 23.9 Å². The first-order valence-corrected chi connectivity index (χ1v) is 20.9. The summed E-state index contributed by atoms with van der Waals surface area (Å²) in [6.45, 7) is 4.03. The van der Waals surface area contributed by atoms with Crippen molar-refractivity contribution in [2.75, 3.05) is 52.9 Å². The minimum Gasteiger partial charge on any atom is -0.469 e. The van der Waals surface area contributed by atoms with E-state index in [4.69, 9.17) is 0 Å². The van der Waals surface area contributed by atoms with Gasteiger partial charge in [0.15, 0.2) is 0 Å². The van der Waals surface area contributed by atoms with E-state index in [1.165, 1.54) is 78.4 Å². The van der Waals surface area contributed by atoms with Crippen molar-refractivity contribution >= 4 is 29.6 Å². The summed E-state index contributed by atoms with van der Waals surface area (Å²) in [4.78, 5) is 39.8. The van der Waals surface area contributed by atoms with E-state index in [-0.39, 0.29) is 11.9 Å². The molecule has 8 heteroatoms. The molecule has 0 aromatic rings. The summed E-state index contributed by atoms with van der Waals surface area (Å²) in [6.07, 6.45) is 35.9. The molecule has 0 rings (SSSR count). The Morgan fingerprint density at radius 1 is 0.551 bits per heavy atom. The van der Waals surface area contributed by atoms with Gasteiger partial charge in [0, 0.05) is 37.7 Å². The molecule has 0 aliphatic rings. The number of thioether (sulfide) groups is 1. The smallest absolute Gasteiger partial charge is 0.305 e. The number of ether oxygens (including phenoxy) is 2. The molecule has 0 aromatic carbocycles. The van der Waals surface area contributed by atoms with Gasteiger partial charge in [-0.3, -0.25) is 14.4 Å². The van der Waals surface area contributed by atoms with E-state index in [0.717, 1.165) is 95.9 Å². The number of carbonyl (C=O) groups is 3. The standard InChI is InChI=1S/C41H76N2O5S/c1-38(42(2)3)36-49-37-39(44)43(34-30-26-22-18-14-10-6-8-12-16-20-24-28-32-40(45)47-4)35-31-27-23-19-15-11-7-9-13-17-21-25-29-33-41(46)48-5/h8-9,12-13,38H,6-7,10-11,14-37H2,1-5H3/b12-8-,13-9-. The fraction of sp³-hybridized carbons (Fsp3) is 0.829. The molecule has 49 heavy (non-hydrogen) atoms. The molecule has 0 aliphatic heterocycles. The number of methoxy groups -OCH3 is 2. The number of hydrogen-bond acceptors (Lipinski definition) is 7. The normalized spacial score (nSPS) is 12.3. The van der Waals surface area contributed by atoms with E-state index < -0.39 is 0 Å². The molecule has 0 saturated heterocycles. The van der Waals surface area contributed by atoms with Crippen molar-refractivity contribution in [3.63, 3.8) is 0 Å². The first kappa shape index (κ1) is 47.2. The molecule has 0 radical (unpaired) electrons. The number of hydrogen-bond donors (Lipinski definition) is 0. The van der Waals surface area contributed by atoms with Gasteiger partial charge in [0.2, 0.25) is 5.91 Å². The Hall–Kier alpha value is -1.80. The van der Waals surface area contributed by atoms with E-state index in [9.17, 15) is 14.4 Å². The molecular formula is C41H76N2O5S. The van der Waals surface area contributed by atoms with Crippen molar-refractivity contribution in [1.29, 1.82) is 0 Å². The van der Waals surface area contributed by atoms with Gasteiger partial charge in [-0.15, -0.1) is 0 Å². The van der Waals surface area contributed by atoms with Crippen LogP contribution in [0, 0.1) is 0 Å². The number of rotatable bonds is 35. The second-order valence-electron chi connectivity index (χ2n) is 13.8. The number of carbonyl (C=O) groups excluding carboxylic acids is 3. The zero-order valence-corrected chi connectivity index (χ0v) is 33.3. The van der Waals surface area contributed by atoms with Crippen LogP contribution in [-0.4, -0.2) is 86.6 Å². The second-order valence-corrected chi connectivity index (χ2v) is 14.9. The zero-order chi connectivity index (χ0) is 36.2. The van der Waals surface area contributed by atoms with Crippen molar-refractivity contribution in [3.05, 3.63) is 24.3 Å². The molecule has 0 bridgehead atoms. The summed E-state index contributed by atoms with van der Waals surface area (Å²) >= 11 is 1.78. The Labute approximate surface area is 306 Å². The van der Waals surface area contributed by atoms with Crippen molar-refractivity contribution in [2.24, 2.45) is 0 Å². The maximum absolute atomic E-state index is 13.1. The Kier molecular flexibility index (Phi) is 34.7. The van der Waals surface area contributed by atoms with Crippen molar-refractivity contribution < 1.29 is 23.9 Å². The highest BCUT2D eigenvalue weighted by atomic mass is 32.2. The first-order valence-electron chi connectivity index (χ1n) is 19.8. The van der Waals surface area contributed by atoms with Crippen LogP contribution in [0.3, 0.4) is 0 Å². The van der Waals surface area contributed by atoms with Gasteiger partial charge in [0.05, 0.1) is 20.0 Å². The molecule has 0 N–H and O–H groups in total. The predicted octanol–water partition coefficient (Wildman–Crippen LogP) is 10.3. The molecule has 286 valence electrons. The van der Waals surface area contributed by atoms with Crippen LogP contribution in [0.1, 0.15) is 161 Å². The van der Waals surface area contributed by atoms with Crippen LogP contribution in [0.5, 0.6) is 0 Å². The van der Waals surface area contributed by atoms with Crippen LogP contribution in [0.4, 0.5) is 0 Å². The number of esters is 2. The van der Waals surface area contributed by atoms with Gasteiger partial charge < -0.3 is 19.3 Å². The summed E-state index contributed by atoms with van der Waals surface area (Å²) in [5.41, 5.74) is 0. The molecule has 0 heterocycles. The molecule has 1 unspecified atom stereocenters. The molecular weight excluding hydrogens is 633 g/mol. The van der Waals surface area contributed by atoms with E-state index in [2.05, 4.69) is 64.6 Å². The van der Waals surface area contributed by atoms with E-state index in [1.54, 1.807) is 11.8 Å². The average Bonchev–Trinajstić information content (AvgIpc) is 3.09. The van der Waals surface area contributed by atoms with Crippen molar-refractivity contribution in [2.45, 2.75) is 167 Å². The largest absolute Gasteiger partial charge is 0.469 e. The van der Waals surface area contributed by atoms with Gasteiger partial charge in [-0.1, -0.05) is 88.5 Å². The number of nitrogens with zero attached hydrogens (tertiary/aromatic N) is 2. The topological polar surface area (TPSA) is 76.1 Å². The predicted molar refractivity (Wildman–Crippen MR) is 210 cm³/mol. The molecule has 0 spiro atoms. The molecule has 0 fully saturated rings. The highest BCUT2D eigenvalue weighted by Gasteiger charge is 2.14. The van der Waals surface area contributed by atoms with Crippen LogP contribution >= 0.6 is 11.8 Å². The van der Waals surface area contributed by atoms with Gasteiger partial charge in [0.25, 0.3) is 0 Å². The highest BCUT2D eigenvalue weighted by molar-refractivity contribution is 7.99. The summed E-state index contributed by atoms with van der Waals surface area (Å²) < 4.78 is 9.36. The van der Waals surface area contributed by atoms with Gasteiger partial charge in [-0.05, 0) is 98.1 Å². The van der Waals surface area contributed by atoms with E-state index >= 15 is 0 Å². The maximum atomic E-state index is 13.1. The monoisotopic (exact) mass is 709 g/mol. The van der Waals surface area contributed by atoms with Gasteiger partial charge in [-0.25, -0.2) is 0 Å². The summed E-state index contributed by atoms with van der Waals surface area (Å²) in [6, 6.07) is 0.478. The van der Waals surface area contributed by atoms with Gasteiger partial charge in [0.1, 0.15) is 0 Å². The first-order chi connectivity index (χ1) is 23.8. The lowest BCUT2D eigenvalue weighted by molar-refractivity contribution is -0.141. The van der Waals surface area contributed by atoms with Crippen molar-refractivity contribution in [1.82, 2.24) is 9.80 Å². The van der Waals surface area contributed by atoms with Gasteiger partial charge in [-0.2, -0.15) is 11.8 Å². The molecule has 1 atom stereocenters. The lowest BCUT2D eigenvalue weighted by atomic mass is 10.1. The Bertz CT molecular complexity index is 796. The minimum atomic E-state index is -0.103. The van der Waals surface area contributed by atoms with Gasteiger partial charge >= 0.3 is 11.9 Å². The van der Waals surface area contributed by atoms with Crippen LogP contribution in [0.25, 0.3) is 0 Å². The van der Waals surface area contributed by atoms with E-state index in [1.807, 2.05) is 0 Å². The molecule has 0 saturated carbocycles. The summed E-state index contributed by atoms with van der Waals surface area (Å²) in [5, 5.41) is 0. The summed E-state index contributed by atoms with van der Waals surface area (Å²) in [7, 11) is 7.11. The lowest BCUT2D eigenvalue weighted by Crippen LogP contribution is -2.35. The second kappa shape index (κ2) is 36.0. The maximum Gasteiger partial charge on any atom is 0.305 e. The fourth-order valence-electron chi connectivity index (χ4n) is 5.55. The minimum absolute atomic E-state index is 0.103. The molecule has 7 nitrogen and oxygen atoms in total. The Morgan fingerprint density at radius 3 is 1.27 bits per heavy atom. The fourth-order valence-corrected chi connectivity index (χ4v) is 6.67. The number of unbranched alkanes of at least 4 members (excludes halogenated alkanes) is 18. The lowest BCUT2D eigenvalue weighted by Gasteiger charge is -2.24. The molecule has 0 aromatic heterocycles. The van der Waals surface area contributed by atoms with Crippen LogP contribution < -0.4 is 0 Å². The van der Waals surface area contributed by atoms with E-state index in [0.29, 0.717) is 30.5 Å². The Balaban J connectivity index is 4.07. The third-order valence-electron chi connectivity index (χ3n) is 9.21. The summed E-state index contributed by atoms with van der Waals surface area (Å²) in [5.74, 6) is 1.70. The third-order valence-corrected chi connectivity index (χ3v) is 10.4. The number of amides is 1. The SMILES string of the molecule is COC(=O)CCCCC/C=C\CCCCCCCCN(CCCCCCCC/C=C\CCCCCC(=O)OC)C(=O)CSCC(C)N(C)C. The quantitative estimate of drug-likeness (QED) is 0.0368. The van der Waals surface area contributed by atoms with Crippen LogP contribution in [0.15, 0.2) is 24.3 Å².